The molecule has 2 aliphatic rings. The van der Waals surface area contributed by atoms with Gasteiger partial charge in [0.2, 0.25) is 5.91 Å². The minimum Gasteiger partial charge on any atom is -0.396 e. The van der Waals surface area contributed by atoms with Gasteiger partial charge in [-0.05, 0) is 25.5 Å². The number of fused-ring (bicyclic) bond motifs is 1. The van der Waals surface area contributed by atoms with Gasteiger partial charge in [-0.25, -0.2) is 0 Å². The van der Waals surface area contributed by atoms with Crippen molar-refractivity contribution < 1.29 is 14.7 Å². The number of aliphatic hydroxyl groups is 1. The molecule has 1 aromatic heterocycles. The highest BCUT2D eigenvalue weighted by Crippen LogP contribution is 2.43. The summed E-state index contributed by atoms with van der Waals surface area (Å²) in [5, 5.41) is 9.91. The number of hydrogen-bond donors (Lipinski definition) is 1. The highest BCUT2D eigenvalue weighted by atomic mass is 32.1. The Morgan fingerprint density at radius 2 is 2.09 bits per heavy atom. The van der Waals surface area contributed by atoms with Crippen LogP contribution in [0.3, 0.4) is 0 Å². The molecule has 5 nitrogen and oxygen atoms in total. The van der Waals surface area contributed by atoms with Gasteiger partial charge in [0, 0.05) is 49.3 Å². The van der Waals surface area contributed by atoms with E-state index in [0.717, 1.165) is 16.2 Å². The largest absolute Gasteiger partial charge is 0.396 e. The average molecular weight is 322 g/mol. The molecular weight excluding hydrogens is 300 g/mol. The van der Waals surface area contributed by atoms with Gasteiger partial charge >= 0.3 is 0 Å². The van der Waals surface area contributed by atoms with E-state index in [1.165, 1.54) is 11.3 Å². The topological polar surface area (TPSA) is 60.9 Å². The highest BCUT2D eigenvalue weighted by molar-refractivity contribution is 7.13. The number of carbonyl (C=O) groups is 2. The lowest BCUT2D eigenvalue weighted by Crippen LogP contribution is -2.50. The first-order valence-corrected chi connectivity index (χ1v) is 8.49. The molecule has 2 amide bonds. The van der Waals surface area contributed by atoms with Crippen molar-refractivity contribution in [1.29, 1.82) is 0 Å². The molecular formula is C16H22N2O3S. The molecule has 2 fully saturated rings. The second kappa shape index (κ2) is 5.66. The summed E-state index contributed by atoms with van der Waals surface area (Å²) in [5.41, 5.74) is -0.242. The first-order chi connectivity index (χ1) is 10.4. The number of aliphatic hydroxyl groups excluding tert-OH is 1. The van der Waals surface area contributed by atoms with E-state index in [2.05, 4.69) is 0 Å². The van der Waals surface area contributed by atoms with Crippen LogP contribution in [-0.2, 0) is 4.79 Å². The molecule has 2 atom stereocenters. The first-order valence-electron chi connectivity index (χ1n) is 7.67. The zero-order valence-corrected chi connectivity index (χ0v) is 13.9. The summed E-state index contributed by atoms with van der Waals surface area (Å²) >= 11 is 1.51. The third-order valence-electron chi connectivity index (χ3n) is 5.13. The Labute approximate surface area is 134 Å². The molecule has 1 N–H and O–H groups in total. The van der Waals surface area contributed by atoms with E-state index in [4.69, 9.17) is 0 Å². The second-order valence-electron chi connectivity index (χ2n) is 6.53. The highest BCUT2D eigenvalue weighted by Gasteiger charge is 2.50. The molecule has 2 saturated heterocycles. The molecule has 0 bridgehead atoms. The van der Waals surface area contributed by atoms with Gasteiger partial charge in [-0.3, -0.25) is 9.59 Å². The number of amides is 2. The smallest absolute Gasteiger partial charge is 0.263 e. The van der Waals surface area contributed by atoms with Crippen molar-refractivity contribution in [2.24, 2.45) is 11.3 Å². The minimum atomic E-state index is -0.242. The van der Waals surface area contributed by atoms with Gasteiger partial charge in [-0.15, -0.1) is 11.3 Å². The van der Waals surface area contributed by atoms with Crippen LogP contribution in [0.4, 0.5) is 0 Å². The fourth-order valence-electron chi connectivity index (χ4n) is 3.69. The number of hydrogen-bond acceptors (Lipinski definition) is 4. The predicted molar refractivity (Wildman–Crippen MR) is 84.8 cm³/mol. The standard InChI is InChI=1S/C16H22N2O3S/c1-11-3-4-14(22-11)15(21)18-8-13-7-17(12(2)20)6-5-16(13,9-18)10-19/h3-4,13,19H,5-10H2,1-2H3/t13-,16+/m1/s1. The van der Waals surface area contributed by atoms with E-state index >= 15 is 0 Å². The summed E-state index contributed by atoms with van der Waals surface area (Å²) in [6, 6.07) is 3.83. The lowest BCUT2D eigenvalue weighted by atomic mass is 9.73. The van der Waals surface area contributed by atoms with Crippen LogP contribution in [0, 0.1) is 18.3 Å². The zero-order chi connectivity index (χ0) is 15.9. The lowest BCUT2D eigenvalue weighted by Gasteiger charge is -2.41. The van der Waals surface area contributed by atoms with Crippen LogP contribution in [0.1, 0.15) is 27.9 Å². The third-order valence-corrected chi connectivity index (χ3v) is 6.12. The molecule has 2 aliphatic heterocycles. The van der Waals surface area contributed by atoms with Crippen molar-refractivity contribution in [1.82, 2.24) is 9.80 Å². The molecule has 0 unspecified atom stereocenters. The van der Waals surface area contributed by atoms with E-state index in [1.807, 2.05) is 28.9 Å². The van der Waals surface area contributed by atoms with Crippen LogP contribution in [0.15, 0.2) is 12.1 Å². The van der Waals surface area contributed by atoms with Crippen molar-refractivity contribution >= 4 is 23.2 Å². The number of nitrogens with zero attached hydrogens (tertiary/aromatic N) is 2. The number of rotatable bonds is 2. The zero-order valence-electron chi connectivity index (χ0n) is 13.0. The first kappa shape index (κ1) is 15.5. The molecule has 0 aliphatic carbocycles. The fourth-order valence-corrected chi connectivity index (χ4v) is 4.52. The molecule has 0 spiro atoms. The molecule has 0 aromatic carbocycles. The summed E-state index contributed by atoms with van der Waals surface area (Å²) in [4.78, 5) is 29.8. The number of piperidine rings is 1. The van der Waals surface area contributed by atoms with Gasteiger partial charge in [0.05, 0.1) is 11.5 Å². The van der Waals surface area contributed by atoms with Crippen LogP contribution in [0.5, 0.6) is 0 Å². The van der Waals surface area contributed by atoms with E-state index in [9.17, 15) is 14.7 Å². The lowest BCUT2D eigenvalue weighted by molar-refractivity contribution is -0.133. The molecule has 22 heavy (non-hydrogen) atoms. The van der Waals surface area contributed by atoms with Crippen LogP contribution in [0.2, 0.25) is 0 Å². The summed E-state index contributed by atoms with van der Waals surface area (Å²) < 4.78 is 0. The Morgan fingerprint density at radius 1 is 1.36 bits per heavy atom. The van der Waals surface area contributed by atoms with Crippen LogP contribution >= 0.6 is 11.3 Å². The fraction of sp³-hybridized carbons (Fsp3) is 0.625. The van der Waals surface area contributed by atoms with Gasteiger partial charge < -0.3 is 14.9 Å². The summed E-state index contributed by atoms with van der Waals surface area (Å²) in [5.74, 6) is 0.292. The molecule has 0 saturated carbocycles. The van der Waals surface area contributed by atoms with Crippen LogP contribution in [0.25, 0.3) is 0 Å². The van der Waals surface area contributed by atoms with Crippen LogP contribution < -0.4 is 0 Å². The normalized spacial score (nSPS) is 27.9. The average Bonchev–Trinajstić information content (AvgIpc) is 3.09. The monoisotopic (exact) mass is 322 g/mol. The summed E-state index contributed by atoms with van der Waals surface area (Å²) in [7, 11) is 0. The van der Waals surface area contributed by atoms with Crippen molar-refractivity contribution in [3.63, 3.8) is 0 Å². The van der Waals surface area contributed by atoms with Crippen molar-refractivity contribution in [3.05, 3.63) is 21.9 Å². The van der Waals surface area contributed by atoms with E-state index < -0.39 is 0 Å². The van der Waals surface area contributed by atoms with Crippen molar-refractivity contribution in [2.45, 2.75) is 20.3 Å². The Balaban J connectivity index is 1.78. The number of aryl methyl sites for hydroxylation is 1. The van der Waals surface area contributed by atoms with E-state index in [-0.39, 0.29) is 29.8 Å². The summed E-state index contributed by atoms with van der Waals surface area (Å²) in [6.07, 6.45) is 0.765. The Bertz CT molecular complexity index is 600. The minimum absolute atomic E-state index is 0.0506. The maximum Gasteiger partial charge on any atom is 0.263 e. The Morgan fingerprint density at radius 3 is 2.68 bits per heavy atom. The molecule has 0 radical (unpaired) electrons. The van der Waals surface area contributed by atoms with Gasteiger partial charge in [0.25, 0.3) is 5.91 Å². The Kier molecular flexibility index (Phi) is 3.99. The summed E-state index contributed by atoms with van der Waals surface area (Å²) in [6.45, 7) is 6.19. The molecule has 120 valence electrons. The number of carbonyl (C=O) groups excluding carboxylic acids is 2. The Hall–Kier alpha value is -1.40. The maximum absolute atomic E-state index is 12.7. The molecule has 3 heterocycles. The van der Waals surface area contributed by atoms with Gasteiger partial charge in [0.15, 0.2) is 0 Å². The van der Waals surface area contributed by atoms with Crippen molar-refractivity contribution in [3.8, 4) is 0 Å². The quantitative estimate of drug-likeness (QED) is 0.894. The molecule has 1 aromatic rings. The van der Waals surface area contributed by atoms with Gasteiger partial charge in [-0.2, -0.15) is 0 Å². The predicted octanol–water partition coefficient (Wildman–Crippen LogP) is 1.36. The third kappa shape index (κ3) is 2.54. The molecule has 6 heteroatoms. The number of thiophene rings is 1. The number of likely N-dealkylation sites (tertiary alicyclic amines) is 2. The second-order valence-corrected chi connectivity index (χ2v) is 7.82. The molecule has 3 rings (SSSR count). The SMILES string of the molecule is CC(=O)N1CC[C@@]2(CO)CN(C(=O)c3ccc(C)s3)C[C@H]2C1. The maximum atomic E-state index is 12.7. The van der Waals surface area contributed by atoms with E-state index in [1.54, 1.807) is 6.92 Å². The van der Waals surface area contributed by atoms with Gasteiger partial charge in [0.1, 0.15) is 0 Å². The van der Waals surface area contributed by atoms with Crippen molar-refractivity contribution in [2.75, 3.05) is 32.8 Å². The van der Waals surface area contributed by atoms with Crippen LogP contribution in [-0.4, -0.2) is 59.5 Å². The van der Waals surface area contributed by atoms with Gasteiger partial charge in [-0.1, -0.05) is 0 Å². The van der Waals surface area contributed by atoms with E-state index in [0.29, 0.717) is 26.2 Å².